The van der Waals surface area contributed by atoms with Crippen molar-refractivity contribution in [1.82, 2.24) is 0 Å². The van der Waals surface area contributed by atoms with Crippen molar-refractivity contribution in [1.29, 1.82) is 0 Å². The first-order valence-corrected chi connectivity index (χ1v) is 34.0. The van der Waals surface area contributed by atoms with Crippen molar-refractivity contribution in [3.05, 3.63) is 158 Å². The summed E-state index contributed by atoms with van der Waals surface area (Å²) in [6.07, 6.45) is 101. The summed E-state index contributed by atoms with van der Waals surface area (Å²) in [5, 5.41) is 0. The molecule has 83 heavy (non-hydrogen) atoms. The zero-order valence-corrected chi connectivity index (χ0v) is 53.7. The van der Waals surface area contributed by atoms with Crippen LogP contribution in [0, 0.1) is 0 Å². The van der Waals surface area contributed by atoms with Crippen LogP contribution in [0.3, 0.4) is 0 Å². The lowest BCUT2D eigenvalue weighted by Gasteiger charge is -2.18. The van der Waals surface area contributed by atoms with Crippen LogP contribution in [0.15, 0.2) is 158 Å². The monoisotopic (exact) mass is 1140 g/mol. The van der Waals surface area contributed by atoms with Gasteiger partial charge in [0.05, 0.1) is 0 Å². The molecule has 6 heteroatoms. The summed E-state index contributed by atoms with van der Waals surface area (Å²) >= 11 is 0. The molecule has 0 N–H and O–H groups in total. The van der Waals surface area contributed by atoms with Gasteiger partial charge in [-0.1, -0.05) is 288 Å². The summed E-state index contributed by atoms with van der Waals surface area (Å²) in [6, 6.07) is 0. The molecule has 0 aromatic carbocycles. The van der Waals surface area contributed by atoms with Crippen molar-refractivity contribution in [3.8, 4) is 0 Å². The van der Waals surface area contributed by atoms with E-state index in [-0.39, 0.29) is 31.1 Å². The van der Waals surface area contributed by atoms with Crippen molar-refractivity contribution < 1.29 is 28.6 Å². The molecule has 0 saturated carbocycles. The summed E-state index contributed by atoms with van der Waals surface area (Å²) in [6.45, 7) is 6.29. The highest BCUT2D eigenvalue weighted by Gasteiger charge is 2.19. The number of rotatable bonds is 60. The first-order valence-electron chi connectivity index (χ1n) is 34.0. The summed E-state index contributed by atoms with van der Waals surface area (Å²) in [5.41, 5.74) is 0. The predicted octanol–water partition coefficient (Wildman–Crippen LogP) is 23.7. The van der Waals surface area contributed by atoms with Gasteiger partial charge in [0.15, 0.2) is 6.10 Å². The van der Waals surface area contributed by atoms with Crippen LogP contribution >= 0.6 is 0 Å². The Bertz CT molecular complexity index is 1840. The van der Waals surface area contributed by atoms with Gasteiger partial charge in [0, 0.05) is 19.3 Å². The highest BCUT2D eigenvalue weighted by molar-refractivity contribution is 5.71. The lowest BCUT2D eigenvalue weighted by atomic mass is 10.0. The van der Waals surface area contributed by atoms with Crippen LogP contribution in [0.4, 0.5) is 0 Å². The molecule has 0 fully saturated rings. The minimum atomic E-state index is -0.802. The molecular formula is C77H124O6. The Morgan fingerprint density at radius 1 is 0.241 bits per heavy atom. The smallest absolute Gasteiger partial charge is 0.306 e. The van der Waals surface area contributed by atoms with Crippen LogP contribution in [0.5, 0.6) is 0 Å². The second kappa shape index (κ2) is 69.5. The molecule has 0 aliphatic carbocycles. The maximum atomic E-state index is 13.0. The predicted molar refractivity (Wildman–Crippen MR) is 362 cm³/mol. The fourth-order valence-electron chi connectivity index (χ4n) is 9.04. The lowest BCUT2D eigenvalue weighted by Crippen LogP contribution is -2.30. The third kappa shape index (κ3) is 67.7. The number of unbranched alkanes of at least 4 members (excludes halogenated alkanes) is 23. The maximum Gasteiger partial charge on any atom is 0.306 e. The van der Waals surface area contributed by atoms with Gasteiger partial charge in [-0.2, -0.15) is 0 Å². The van der Waals surface area contributed by atoms with Gasteiger partial charge in [0.2, 0.25) is 0 Å². The normalized spacial score (nSPS) is 13.1. The highest BCUT2D eigenvalue weighted by atomic mass is 16.6. The Hall–Kier alpha value is -4.97. The molecule has 0 aromatic rings. The lowest BCUT2D eigenvalue weighted by molar-refractivity contribution is -0.167. The second-order valence-corrected chi connectivity index (χ2v) is 21.9. The molecule has 0 spiro atoms. The average molecular weight is 1150 g/mol. The van der Waals surface area contributed by atoms with E-state index in [1.54, 1.807) is 0 Å². The van der Waals surface area contributed by atoms with Crippen LogP contribution in [0.25, 0.3) is 0 Å². The molecule has 6 nitrogen and oxygen atoms in total. The molecule has 0 aliphatic heterocycles. The molecule has 0 heterocycles. The van der Waals surface area contributed by atoms with Crippen molar-refractivity contribution >= 4 is 17.9 Å². The molecule has 0 aliphatic rings. The molecule has 0 radical (unpaired) electrons. The first kappa shape index (κ1) is 78.0. The van der Waals surface area contributed by atoms with Gasteiger partial charge >= 0.3 is 17.9 Å². The topological polar surface area (TPSA) is 78.9 Å². The van der Waals surface area contributed by atoms with Crippen LogP contribution in [-0.2, 0) is 28.6 Å². The third-order valence-corrected chi connectivity index (χ3v) is 14.0. The zero-order chi connectivity index (χ0) is 59.9. The van der Waals surface area contributed by atoms with E-state index in [2.05, 4.69) is 179 Å². The van der Waals surface area contributed by atoms with Gasteiger partial charge in [-0.05, 0) is 141 Å². The number of ether oxygens (including phenoxy) is 3. The van der Waals surface area contributed by atoms with E-state index < -0.39 is 6.10 Å². The van der Waals surface area contributed by atoms with Gasteiger partial charge in [0.25, 0.3) is 0 Å². The summed E-state index contributed by atoms with van der Waals surface area (Å²) in [7, 11) is 0. The van der Waals surface area contributed by atoms with E-state index in [1.165, 1.54) is 77.0 Å². The molecule has 0 saturated heterocycles. The van der Waals surface area contributed by atoms with Crippen LogP contribution in [0.2, 0.25) is 0 Å². The molecule has 1 unspecified atom stereocenters. The number of allylic oxidation sites excluding steroid dienone is 26. The van der Waals surface area contributed by atoms with Crippen molar-refractivity contribution in [3.63, 3.8) is 0 Å². The van der Waals surface area contributed by atoms with Gasteiger partial charge in [-0.3, -0.25) is 14.4 Å². The molecule has 0 bridgehead atoms. The van der Waals surface area contributed by atoms with E-state index in [0.29, 0.717) is 19.3 Å². The van der Waals surface area contributed by atoms with Gasteiger partial charge < -0.3 is 14.2 Å². The minimum absolute atomic E-state index is 0.0953. The van der Waals surface area contributed by atoms with E-state index in [0.717, 1.165) is 173 Å². The fourth-order valence-corrected chi connectivity index (χ4v) is 9.04. The Morgan fingerprint density at radius 3 is 0.675 bits per heavy atom. The molecule has 0 rings (SSSR count). The Labute approximate surface area is 511 Å². The highest BCUT2D eigenvalue weighted by Crippen LogP contribution is 2.16. The van der Waals surface area contributed by atoms with Crippen LogP contribution in [-0.4, -0.2) is 37.2 Å². The number of hydrogen-bond donors (Lipinski definition) is 0. The Balaban J connectivity index is 4.40. The van der Waals surface area contributed by atoms with E-state index >= 15 is 0 Å². The Morgan fingerprint density at radius 2 is 0.434 bits per heavy atom. The van der Waals surface area contributed by atoms with Crippen molar-refractivity contribution in [2.45, 2.75) is 297 Å². The molecule has 468 valence electrons. The zero-order valence-electron chi connectivity index (χ0n) is 53.7. The fraction of sp³-hybridized carbons (Fsp3) is 0.623. The SMILES string of the molecule is CC/C=C\C/C=C\C/C=C\C/C=C\C/C=C\CCCCCCCCCCCCCC(=O)OCC(COC(=O)CCCCCCC/C=C\C/C=C\C/C=C\CC)OC(=O)CCCCCCCCC/C=C\C/C=C\C/C=C\C/C=C\C/C=C\CC. The maximum absolute atomic E-state index is 13.0. The van der Waals surface area contributed by atoms with E-state index in [4.69, 9.17) is 14.2 Å². The van der Waals surface area contributed by atoms with Crippen molar-refractivity contribution in [2.24, 2.45) is 0 Å². The van der Waals surface area contributed by atoms with E-state index in [1.807, 2.05) is 0 Å². The average Bonchev–Trinajstić information content (AvgIpc) is 3.49. The first-order chi connectivity index (χ1) is 41.0. The second-order valence-electron chi connectivity index (χ2n) is 21.9. The van der Waals surface area contributed by atoms with Crippen LogP contribution in [0.1, 0.15) is 290 Å². The third-order valence-electron chi connectivity index (χ3n) is 14.0. The number of hydrogen-bond acceptors (Lipinski definition) is 6. The van der Waals surface area contributed by atoms with Gasteiger partial charge in [-0.25, -0.2) is 0 Å². The Kier molecular flexibility index (Phi) is 65.4. The number of carbonyl (C=O) groups is 3. The van der Waals surface area contributed by atoms with Crippen LogP contribution < -0.4 is 0 Å². The number of carbonyl (C=O) groups excluding carboxylic acids is 3. The minimum Gasteiger partial charge on any atom is -0.462 e. The molecule has 1 atom stereocenters. The molecule has 0 aromatic heterocycles. The molecular weight excluding hydrogens is 1020 g/mol. The van der Waals surface area contributed by atoms with Gasteiger partial charge in [-0.15, -0.1) is 0 Å². The van der Waals surface area contributed by atoms with Gasteiger partial charge in [0.1, 0.15) is 13.2 Å². The summed E-state index contributed by atoms with van der Waals surface area (Å²) in [4.78, 5) is 38.4. The standard InChI is InChI=1S/C77H124O6/c1-4-7-10-13-16-19-22-25-28-30-32-34-36-37-38-39-41-42-44-46-49-52-55-58-61-64-67-70-76(79)82-73-74(72-81-75(78)69-66-63-60-57-54-51-48-27-24-21-18-15-12-9-6-3)83-77(80)71-68-65-62-59-56-53-50-47-45-43-40-35-33-31-29-26-23-20-17-14-11-8-5-2/h7-12,16-21,25-29,32-35,37-38,43,45,48,74H,4-6,13-15,22-24,30-31,36,39-42,44,46-47,49-73H2,1-3H3/b10-7-,11-8-,12-9-,19-16-,20-17-,21-18-,28-25-,29-26-,34-32-,35-33-,38-37-,45-43-,48-27-. The summed E-state index contributed by atoms with van der Waals surface area (Å²) < 4.78 is 16.9. The largest absolute Gasteiger partial charge is 0.462 e. The van der Waals surface area contributed by atoms with E-state index in [9.17, 15) is 14.4 Å². The summed E-state index contributed by atoms with van der Waals surface area (Å²) in [5.74, 6) is -0.925. The molecule has 0 amide bonds. The quantitative estimate of drug-likeness (QED) is 0.0261. The number of esters is 3. The van der Waals surface area contributed by atoms with Crippen molar-refractivity contribution in [2.75, 3.05) is 13.2 Å².